The highest BCUT2D eigenvalue weighted by Gasteiger charge is 2.39. The van der Waals surface area contributed by atoms with Gasteiger partial charge in [0.1, 0.15) is 0 Å². The molecule has 2 aromatic heterocycles. The predicted molar refractivity (Wildman–Crippen MR) is 229 cm³/mol. The van der Waals surface area contributed by atoms with E-state index in [-0.39, 0.29) is 5.41 Å². The van der Waals surface area contributed by atoms with Gasteiger partial charge in [0, 0.05) is 47.9 Å². The lowest BCUT2D eigenvalue weighted by Gasteiger charge is -2.26. The summed E-state index contributed by atoms with van der Waals surface area (Å²) in [5.74, 6) is 1.94. The molecular formula is C49H36N4S2. The van der Waals surface area contributed by atoms with Crippen LogP contribution >= 0.6 is 23.5 Å². The molecule has 0 atom stereocenters. The monoisotopic (exact) mass is 744 g/mol. The van der Waals surface area contributed by atoms with E-state index in [1.165, 1.54) is 64.0 Å². The number of hydrogen-bond acceptors (Lipinski definition) is 5. The molecule has 1 aliphatic heterocycles. The molecule has 2 aliphatic carbocycles. The van der Waals surface area contributed by atoms with Gasteiger partial charge in [-0.3, -0.25) is 0 Å². The molecule has 0 unspecified atom stereocenters. The maximum Gasteiger partial charge on any atom is 0.164 e. The fourth-order valence-corrected chi connectivity index (χ4v) is 10.7. The van der Waals surface area contributed by atoms with Crippen LogP contribution in [0.15, 0.2) is 195 Å². The second-order valence-corrected chi connectivity index (χ2v) is 16.6. The highest BCUT2D eigenvalue weighted by molar-refractivity contribution is 8.05. The summed E-state index contributed by atoms with van der Waals surface area (Å²) >= 11 is 3.74. The second-order valence-electron chi connectivity index (χ2n) is 14.5. The number of hydrogen-bond donors (Lipinski definition) is 0. The minimum atomic E-state index is -0.165. The van der Waals surface area contributed by atoms with E-state index in [0.29, 0.717) is 17.5 Å². The highest BCUT2D eigenvalue weighted by atomic mass is 32.2. The SMILES string of the molecule is C=CC1=C(C=C)C(C)(C)C2=C1C=Cc1c(c3ccc4c(c3n1-c1ccc(-c3nc(-c5ccccc5)nc(-c5ccccc5)n3)cc1)Sc1ccccc1S4)C2. The number of fused-ring (bicyclic) bond motifs is 6. The van der Waals surface area contributed by atoms with E-state index in [2.05, 4.69) is 104 Å². The van der Waals surface area contributed by atoms with Gasteiger partial charge >= 0.3 is 0 Å². The number of benzene rings is 5. The minimum absolute atomic E-state index is 0.165. The van der Waals surface area contributed by atoms with Crippen molar-refractivity contribution in [2.24, 2.45) is 5.41 Å². The number of rotatable bonds is 6. The van der Waals surface area contributed by atoms with Crippen molar-refractivity contribution >= 4 is 40.5 Å². The quantitative estimate of drug-likeness (QED) is 0.170. The van der Waals surface area contributed by atoms with Gasteiger partial charge in [-0.15, -0.1) is 0 Å². The Hall–Kier alpha value is -5.95. The van der Waals surface area contributed by atoms with E-state index in [1.54, 1.807) is 0 Å². The first-order valence-electron chi connectivity index (χ1n) is 18.5. The first-order chi connectivity index (χ1) is 26.9. The fraction of sp³-hybridized carbons (Fsp3) is 0.0816. The van der Waals surface area contributed by atoms with Crippen molar-refractivity contribution in [3.63, 3.8) is 0 Å². The van der Waals surface area contributed by atoms with Crippen LogP contribution in [0, 0.1) is 5.41 Å². The molecule has 3 aliphatic rings. The zero-order chi connectivity index (χ0) is 37.3. The second kappa shape index (κ2) is 13.1. The Balaban J connectivity index is 1.15. The summed E-state index contributed by atoms with van der Waals surface area (Å²) in [6.45, 7) is 13.1. The van der Waals surface area contributed by atoms with Crippen molar-refractivity contribution in [2.75, 3.05) is 0 Å². The summed E-state index contributed by atoms with van der Waals surface area (Å²) in [7, 11) is 0. The van der Waals surface area contributed by atoms with Gasteiger partial charge in [-0.25, -0.2) is 15.0 Å². The summed E-state index contributed by atoms with van der Waals surface area (Å²) in [5.41, 5.74) is 12.6. The van der Waals surface area contributed by atoms with E-state index in [1.807, 2.05) is 96.3 Å². The summed E-state index contributed by atoms with van der Waals surface area (Å²) in [5, 5.41) is 1.28. The average molecular weight is 745 g/mol. The molecule has 10 rings (SSSR count). The molecule has 0 saturated carbocycles. The number of nitrogens with zero attached hydrogens (tertiary/aromatic N) is 4. The van der Waals surface area contributed by atoms with Crippen LogP contribution in [0.4, 0.5) is 0 Å². The van der Waals surface area contributed by atoms with Gasteiger partial charge in [0.15, 0.2) is 17.5 Å². The maximum atomic E-state index is 5.01. The first-order valence-corrected chi connectivity index (χ1v) is 20.1. The third kappa shape index (κ3) is 5.42. The van der Waals surface area contributed by atoms with Crippen molar-refractivity contribution < 1.29 is 0 Å². The molecule has 0 bridgehead atoms. The molecule has 0 radical (unpaired) electrons. The molecule has 0 N–H and O–H groups in total. The van der Waals surface area contributed by atoms with Crippen LogP contribution in [0.25, 0.3) is 56.8 Å². The van der Waals surface area contributed by atoms with Crippen molar-refractivity contribution in [3.05, 3.63) is 186 Å². The Morgan fingerprint density at radius 3 is 1.80 bits per heavy atom. The van der Waals surface area contributed by atoms with Crippen LogP contribution in [-0.4, -0.2) is 19.5 Å². The normalized spacial score (nSPS) is 15.3. The minimum Gasteiger partial charge on any atom is -0.308 e. The van der Waals surface area contributed by atoms with Crippen LogP contribution in [0.5, 0.6) is 0 Å². The zero-order valence-electron chi connectivity index (χ0n) is 30.6. The van der Waals surface area contributed by atoms with Crippen molar-refractivity contribution in [1.82, 2.24) is 19.5 Å². The Morgan fingerprint density at radius 2 is 1.20 bits per heavy atom. The molecule has 7 aromatic rings. The van der Waals surface area contributed by atoms with Gasteiger partial charge < -0.3 is 4.57 Å². The molecule has 4 nitrogen and oxygen atoms in total. The zero-order valence-corrected chi connectivity index (χ0v) is 32.2. The maximum absolute atomic E-state index is 5.01. The molecule has 0 fully saturated rings. The Bertz CT molecular complexity index is 2770. The largest absolute Gasteiger partial charge is 0.308 e. The Morgan fingerprint density at radius 1 is 0.618 bits per heavy atom. The van der Waals surface area contributed by atoms with Gasteiger partial charge in [0.25, 0.3) is 0 Å². The van der Waals surface area contributed by atoms with Crippen molar-refractivity contribution in [3.8, 4) is 39.9 Å². The third-order valence-corrected chi connectivity index (χ3v) is 13.6. The van der Waals surface area contributed by atoms with Gasteiger partial charge in [-0.2, -0.15) is 0 Å². The number of allylic oxidation sites excluding steroid dienone is 7. The molecule has 0 amide bonds. The Kier molecular flexibility index (Phi) is 8.02. The van der Waals surface area contributed by atoms with E-state index in [4.69, 9.17) is 15.0 Å². The van der Waals surface area contributed by atoms with Crippen molar-refractivity contribution in [2.45, 2.75) is 39.9 Å². The molecular weight excluding hydrogens is 709 g/mol. The lowest BCUT2D eigenvalue weighted by atomic mass is 9.77. The van der Waals surface area contributed by atoms with Gasteiger partial charge in [-0.1, -0.05) is 148 Å². The first kappa shape index (κ1) is 33.6. The van der Waals surface area contributed by atoms with Crippen LogP contribution in [-0.2, 0) is 6.42 Å². The van der Waals surface area contributed by atoms with Crippen molar-refractivity contribution in [1.29, 1.82) is 0 Å². The standard InChI is InChI=1S/C49H36N4S2/c1-5-34-35-25-27-40-37(29-39(35)49(3,4)38(34)6-2)36-26-28-43-45(55-42-20-14-13-19-41(42)54-43)44(36)53(40)33-23-21-32(22-24-33)48-51-46(30-15-9-7-10-16-30)50-47(52-48)31-17-11-8-12-18-31/h5-28H,1-2,29H2,3-4H3. The summed E-state index contributed by atoms with van der Waals surface area (Å²) < 4.78 is 2.48. The summed E-state index contributed by atoms with van der Waals surface area (Å²) in [6.07, 6.45) is 9.49. The lowest BCUT2D eigenvalue weighted by Crippen LogP contribution is -2.16. The smallest absolute Gasteiger partial charge is 0.164 e. The summed E-state index contributed by atoms with van der Waals surface area (Å²) in [6, 6.07) is 42.4. The topological polar surface area (TPSA) is 43.6 Å². The highest BCUT2D eigenvalue weighted by Crippen LogP contribution is 2.55. The molecule has 0 saturated heterocycles. The van der Waals surface area contributed by atoms with E-state index in [9.17, 15) is 0 Å². The van der Waals surface area contributed by atoms with Crippen LogP contribution in [0.1, 0.15) is 25.1 Å². The molecule has 0 spiro atoms. The third-order valence-electron chi connectivity index (χ3n) is 11.1. The van der Waals surface area contributed by atoms with Crippen LogP contribution in [0.3, 0.4) is 0 Å². The van der Waals surface area contributed by atoms with Gasteiger partial charge in [-0.05, 0) is 82.8 Å². The Labute approximate surface area is 329 Å². The van der Waals surface area contributed by atoms with Crippen LogP contribution in [0.2, 0.25) is 0 Å². The molecule has 6 heteroatoms. The predicted octanol–water partition coefficient (Wildman–Crippen LogP) is 13.0. The van der Waals surface area contributed by atoms with E-state index >= 15 is 0 Å². The summed E-state index contributed by atoms with van der Waals surface area (Å²) in [4.78, 5) is 20.1. The lowest BCUT2D eigenvalue weighted by molar-refractivity contribution is 0.548. The molecule has 55 heavy (non-hydrogen) atoms. The van der Waals surface area contributed by atoms with E-state index < -0.39 is 0 Å². The van der Waals surface area contributed by atoms with Crippen LogP contribution < -0.4 is 0 Å². The number of aromatic nitrogens is 4. The molecule has 264 valence electrons. The fourth-order valence-electron chi connectivity index (χ4n) is 8.34. The van der Waals surface area contributed by atoms with Gasteiger partial charge in [0.2, 0.25) is 0 Å². The van der Waals surface area contributed by atoms with E-state index in [0.717, 1.165) is 28.8 Å². The molecule has 3 heterocycles. The van der Waals surface area contributed by atoms with Gasteiger partial charge in [0.05, 0.1) is 16.1 Å². The average Bonchev–Trinajstić information content (AvgIpc) is 3.55. The molecule has 5 aromatic carbocycles.